The predicted molar refractivity (Wildman–Crippen MR) is 132 cm³/mol. The van der Waals surface area contributed by atoms with Crippen molar-refractivity contribution in [3.8, 4) is 0 Å². The van der Waals surface area contributed by atoms with E-state index >= 15 is 0 Å². The van der Waals surface area contributed by atoms with Gasteiger partial charge in [0.15, 0.2) is 0 Å². The summed E-state index contributed by atoms with van der Waals surface area (Å²) in [6.07, 6.45) is 7.14. The van der Waals surface area contributed by atoms with E-state index in [2.05, 4.69) is 22.4 Å². The van der Waals surface area contributed by atoms with Gasteiger partial charge in [0.2, 0.25) is 5.91 Å². The molecule has 3 aromatic carbocycles. The topological polar surface area (TPSA) is 67.2 Å². The van der Waals surface area contributed by atoms with Gasteiger partial charge in [-0.1, -0.05) is 60.7 Å². The van der Waals surface area contributed by atoms with Crippen LogP contribution < -0.4 is 5.32 Å². The highest BCUT2D eigenvalue weighted by atomic mass is 16.2. The van der Waals surface area contributed by atoms with Gasteiger partial charge in [0, 0.05) is 44.1 Å². The Morgan fingerprint density at radius 3 is 2.59 bits per heavy atom. The van der Waals surface area contributed by atoms with Crippen LogP contribution in [-0.2, 0) is 17.9 Å². The van der Waals surface area contributed by atoms with Crippen LogP contribution in [0.25, 0.3) is 10.8 Å². The van der Waals surface area contributed by atoms with Crippen LogP contribution in [0.15, 0.2) is 85.5 Å². The highest BCUT2D eigenvalue weighted by molar-refractivity contribution is 6.07. The first-order valence-electron chi connectivity index (χ1n) is 11.8. The number of hydrogen-bond acceptors (Lipinski definition) is 3. The van der Waals surface area contributed by atoms with Crippen LogP contribution in [0, 0.1) is 5.92 Å². The number of amides is 2. The summed E-state index contributed by atoms with van der Waals surface area (Å²) in [5.41, 5.74) is 2.94. The fourth-order valence-electron chi connectivity index (χ4n) is 4.64. The van der Waals surface area contributed by atoms with Gasteiger partial charge in [0.1, 0.15) is 0 Å². The maximum absolute atomic E-state index is 13.3. The molecular weight excluding hydrogens is 424 g/mol. The molecule has 0 radical (unpaired) electrons. The number of hydrogen-bond donors (Lipinski definition) is 1. The van der Waals surface area contributed by atoms with Crippen molar-refractivity contribution in [1.29, 1.82) is 0 Å². The molecule has 1 fully saturated rings. The van der Waals surface area contributed by atoms with E-state index in [4.69, 9.17) is 0 Å². The van der Waals surface area contributed by atoms with Gasteiger partial charge >= 0.3 is 0 Å². The molecule has 0 unspecified atom stereocenters. The molecule has 1 aromatic heterocycles. The van der Waals surface area contributed by atoms with Gasteiger partial charge in [-0.2, -0.15) is 0 Å². The van der Waals surface area contributed by atoms with Crippen LogP contribution >= 0.6 is 0 Å². The van der Waals surface area contributed by atoms with E-state index in [1.807, 2.05) is 70.3 Å². The molecular formula is C28H28N4O2. The standard InChI is InChI=1S/C28H28N4O2/c33-27(30-17-21-10-12-22(13-11-21)18-31-16-14-29-20-31)24-7-4-15-32(19-24)28(34)26-9-3-6-23-5-1-2-8-25(23)26/h1-3,5-6,8-14,16,20,24H,4,7,15,17-19H2,(H,30,33)/t24-/m1/s1. The van der Waals surface area contributed by atoms with E-state index in [0.717, 1.165) is 35.7 Å². The molecule has 1 saturated heterocycles. The van der Waals surface area contributed by atoms with Crippen LogP contribution in [0.4, 0.5) is 0 Å². The average molecular weight is 453 g/mol. The van der Waals surface area contributed by atoms with Crippen molar-refractivity contribution >= 4 is 22.6 Å². The third-order valence-corrected chi connectivity index (χ3v) is 6.51. The fraction of sp³-hybridized carbons (Fsp3) is 0.250. The molecule has 6 nitrogen and oxygen atoms in total. The Hall–Kier alpha value is -3.93. The molecule has 0 spiro atoms. The first-order valence-corrected chi connectivity index (χ1v) is 11.8. The number of nitrogens with zero attached hydrogens (tertiary/aromatic N) is 3. The average Bonchev–Trinajstić information content (AvgIpc) is 3.40. The van der Waals surface area contributed by atoms with Crippen molar-refractivity contribution in [2.75, 3.05) is 13.1 Å². The number of carbonyl (C=O) groups is 2. The molecule has 34 heavy (non-hydrogen) atoms. The van der Waals surface area contributed by atoms with Crippen molar-refractivity contribution in [3.63, 3.8) is 0 Å². The van der Waals surface area contributed by atoms with Crippen LogP contribution in [-0.4, -0.2) is 39.4 Å². The number of benzene rings is 3. The second-order valence-corrected chi connectivity index (χ2v) is 8.89. The molecule has 0 aliphatic carbocycles. The van der Waals surface area contributed by atoms with Gasteiger partial charge < -0.3 is 14.8 Å². The number of imidazole rings is 1. The number of rotatable bonds is 6. The largest absolute Gasteiger partial charge is 0.352 e. The van der Waals surface area contributed by atoms with Crippen molar-refractivity contribution in [2.45, 2.75) is 25.9 Å². The zero-order valence-electron chi connectivity index (χ0n) is 19.1. The van der Waals surface area contributed by atoms with E-state index in [0.29, 0.717) is 25.2 Å². The van der Waals surface area contributed by atoms with Gasteiger partial charge in [-0.05, 0) is 40.8 Å². The lowest BCUT2D eigenvalue weighted by Crippen LogP contribution is -2.45. The molecule has 6 heteroatoms. The monoisotopic (exact) mass is 452 g/mol. The Kier molecular flexibility index (Phi) is 6.38. The second-order valence-electron chi connectivity index (χ2n) is 8.89. The summed E-state index contributed by atoms with van der Waals surface area (Å²) in [7, 11) is 0. The molecule has 2 amide bonds. The van der Waals surface area contributed by atoms with Crippen LogP contribution in [0.5, 0.6) is 0 Å². The third-order valence-electron chi connectivity index (χ3n) is 6.51. The van der Waals surface area contributed by atoms with Gasteiger partial charge in [0.05, 0.1) is 12.2 Å². The summed E-state index contributed by atoms with van der Waals surface area (Å²) in [6, 6.07) is 22.0. The first kappa shape index (κ1) is 21.9. The Morgan fingerprint density at radius 1 is 0.971 bits per heavy atom. The molecule has 5 rings (SSSR count). The fourth-order valence-corrected chi connectivity index (χ4v) is 4.64. The molecule has 2 heterocycles. The number of fused-ring (bicyclic) bond motifs is 1. The number of nitrogens with one attached hydrogen (secondary N) is 1. The highest BCUT2D eigenvalue weighted by Gasteiger charge is 2.29. The summed E-state index contributed by atoms with van der Waals surface area (Å²) >= 11 is 0. The van der Waals surface area contributed by atoms with E-state index in [-0.39, 0.29) is 17.7 Å². The Bertz CT molecular complexity index is 1280. The number of piperidine rings is 1. The maximum atomic E-state index is 13.3. The number of likely N-dealkylation sites (tertiary alicyclic amines) is 1. The normalized spacial score (nSPS) is 15.9. The molecule has 0 bridgehead atoms. The van der Waals surface area contributed by atoms with Gasteiger partial charge in [-0.3, -0.25) is 9.59 Å². The van der Waals surface area contributed by atoms with Crippen LogP contribution in [0.1, 0.15) is 34.3 Å². The summed E-state index contributed by atoms with van der Waals surface area (Å²) in [5, 5.41) is 5.08. The highest BCUT2D eigenvalue weighted by Crippen LogP contribution is 2.23. The Labute approximate surface area is 199 Å². The Morgan fingerprint density at radius 2 is 1.76 bits per heavy atom. The smallest absolute Gasteiger partial charge is 0.254 e. The molecule has 1 N–H and O–H groups in total. The summed E-state index contributed by atoms with van der Waals surface area (Å²) in [4.78, 5) is 32.1. The van der Waals surface area contributed by atoms with Crippen LogP contribution in [0.2, 0.25) is 0 Å². The number of carbonyl (C=O) groups excluding carboxylic acids is 2. The summed E-state index contributed by atoms with van der Waals surface area (Å²) in [6.45, 7) is 2.40. The van der Waals surface area contributed by atoms with Gasteiger partial charge in [0.25, 0.3) is 5.91 Å². The van der Waals surface area contributed by atoms with E-state index < -0.39 is 0 Å². The lowest BCUT2D eigenvalue weighted by molar-refractivity contribution is -0.126. The predicted octanol–water partition coefficient (Wildman–Crippen LogP) is 4.25. The first-order chi connectivity index (χ1) is 16.7. The lowest BCUT2D eigenvalue weighted by Gasteiger charge is -2.32. The molecule has 1 aliphatic heterocycles. The minimum absolute atomic E-state index is 0.00257. The number of aromatic nitrogens is 2. The van der Waals surface area contributed by atoms with Crippen molar-refractivity contribution < 1.29 is 9.59 Å². The maximum Gasteiger partial charge on any atom is 0.254 e. The van der Waals surface area contributed by atoms with Crippen molar-refractivity contribution in [3.05, 3.63) is 102 Å². The van der Waals surface area contributed by atoms with E-state index in [9.17, 15) is 9.59 Å². The molecule has 1 aliphatic rings. The minimum Gasteiger partial charge on any atom is -0.352 e. The SMILES string of the molecule is O=C(NCc1ccc(Cn2ccnc2)cc1)[C@@H]1CCCN(C(=O)c2cccc3ccccc23)C1. The molecule has 4 aromatic rings. The third kappa shape index (κ3) is 4.86. The van der Waals surface area contributed by atoms with Crippen LogP contribution in [0.3, 0.4) is 0 Å². The molecule has 172 valence electrons. The molecule has 1 atom stereocenters. The summed E-state index contributed by atoms with van der Waals surface area (Å²) < 4.78 is 2.02. The molecule has 0 saturated carbocycles. The zero-order chi connectivity index (χ0) is 23.3. The summed E-state index contributed by atoms with van der Waals surface area (Å²) in [5.74, 6) is -0.172. The Balaban J connectivity index is 1.18. The van der Waals surface area contributed by atoms with Gasteiger partial charge in [-0.15, -0.1) is 0 Å². The van der Waals surface area contributed by atoms with Crippen molar-refractivity contribution in [1.82, 2.24) is 19.8 Å². The zero-order valence-corrected chi connectivity index (χ0v) is 19.1. The second kappa shape index (κ2) is 9.91. The van der Waals surface area contributed by atoms with Crippen molar-refractivity contribution in [2.24, 2.45) is 5.92 Å². The van der Waals surface area contributed by atoms with E-state index in [1.54, 1.807) is 12.5 Å². The van der Waals surface area contributed by atoms with Gasteiger partial charge in [-0.25, -0.2) is 4.98 Å². The quantitative estimate of drug-likeness (QED) is 0.476. The minimum atomic E-state index is -0.187. The lowest BCUT2D eigenvalue weighted by atomic mass is 9.95. The van der Waals surface area contributed by atoms with E-state index in [1.165, 1.54) is 5.56 Å².